The van der Waals surface area contributed by atoms with Crippen LogP contribution >= 0.6 is 0 Å². The second kappa shape index (κ2) is 6.29. The van der Waals surface area contributed by atoms with Crippen LogP contribution < -0.4 is 0 Å². The van der Waals surface area contributed by atoms with Crippen LogP contribution in [0.25, 0.3) is 10.9 Å². The van der Waals surface area contributed by atoms with Gasteiger partial charge in [0.1, 0.15) is 17.6 Å². The summed E-state index contributed by atoms with van der Waals surface area (Å²) in [6, 6.07) is 10.1. The topological polar surface area (TPSA) is 58.2 Å². The second-order valence-corrected chi connectivity index (χ2v) is 6.26. The maximum atomic E-state index is 13.3. The van der Waals surface area contributed by atoms with E-state index in [0.29, 0.717) is 30.9 Å². The average Bonchev–Trinajstić information content (AvgIpc) is 3.04. The van der Waals surface area contributed by atoms with Crippen molar-refractivity contribution in [3.05, 3.63) is 65.4 Å². The van der Waals surface area contributed by atoms with Gasteiger partial charge in [0.05, 0.1) is 13.2 Å². The summed E-state index contributed by atoms with van der Waals surface area (Å²) in [6.45, 7) is 3.42. The first-order valence-corrected chi connectivity index (χ1v) is 8.22. The molecule has 6 heteroatoms. The molecule has 0 radical (unpaired) electrons. The van der Waals surface area contributed by atoms with Crippen molar-refractivity contribution in [2.24, 2.45) is 0 Å². The van der Waals surface area contributed by atoms with Crippen LogP contribution in [0, 0.1) is 12.7 Å². The number of halogens is 1. The Morgan fingerprint density at radius 3 is 3.04 bits per heavy atom. The molecule has 3 aromatic rings. The quantitative estimate of drug-likeness (QED) is 0.780. The molecule has 1 aliphatic heterocycles. The highest BCUT2D eigenvalue weighted by atomic mass is 19.1. The number of amides is 1. The zero-order chi connectivity index (χ0) is 17.4. The lowest BCUT2D eigenvalue weighted by Gasteiger charge is -2.33. The van der Waals surface area contributed by atoms with Crippen molar-refractivity contribution in [1.82, 2.24) is 14.9 Å². The first-order chi connectivity index (χ1) is 12.1. The predicted molar refractivity (Wildman–Crippen MR) is 91.8 cm³/mol. The standard InChI is InChI=1S/C19H18FN3O2/c1-12-8-14(4-5-21-12)18-11-23(6-7-25-18)19(24)17-9-13-2-3-15(20)10-16(13)22-17/h2-5,8-10,18,22H,6-7,11H2,1H3. The van der Waals surface area contributed by atoms with Crippen molar-refractivity contribution >= 4 is 16.8 Å². The van der Waals surface area contributed by atoms with Crippen LogP contribution in [0.4, 0.5) is 4.39 Å². The third kappa shape index (κ3) is 3.13. The highest BCUT2D eigenvalue weighted by Gasteiger charge is 2.27. The molecule has 0 bridgehead atoms. The summed E-state index contributed by atoms with van der Waals surface area (Å²) in [4.78, 5) is 21.8. The maximum Gasteiger partial charge on any atom is 0.270 e. The fourth-order valence-corrected chi connectivity index (χ4v) is 3.19. The molecule has 1 N–H and O–H groups in total. The number of aromatic nitrogens is 2. The monoisotopic (exact) mass is 339 g/mol. The summed E-state index contributed by atoms with van der Waals surface area (Å²) in [5, 5.41) is 0.819. The lowest BCUT2D eigenvalue weighted by molar-refractivity contribution is -0.0230. The van der Waals surface area contributed by atoms with Crippen LogP contribution in [0.1, 0.15) is 27.8 Å². The number of rotatable bonds is 2. The Morgan fingerprint density at radius 2 is 2.20 bits per heavy atom. The number of pyridine rings is 1. The number of hydrogen-bond acceptors (Lipinski definition) is 3. The van der Waals surface area contributed by atoms with Gasteiger partial charge in [-0.2, -0.15) is 0 Å². The number of carbonyl (C=O) groups is 1. The molecule has 4 rings (SSSR count). The molecule has 1 atom stereocenters. The molecule has 5 nitrogen and oxygen atoms in total. The van der Waals surface area contributed by atoms with Crippen LogP contribution in [0.15, 0.2) is 42.6 Å². The van der Waals surface area contributed by atoms with Gasteiger partial charge in [-0.1, -0.05) is 0 Å². The van der Waals surface area contributed by atoms with Gasteiger partial charge < -0.3 is 14.6 Å². The van der Waals surface area contributed by atoms with Gasteiger partial charge in [-0.25, -0.2) is 4.39 Å². The Hall–Kier alpha value is -2.73. The summed E-state index contributed by atoms with van der Waals surface area (Å²) in [5.74, 6) is -0.427. The van der Waals surface area contributed by atoms with Crippen molar-refractivity contribution in [2.75, 3.05) is 19.7 Å². The first kappa shape index (κ1) is 15.8. The molecule has 1 unspecified atom stereocenters. The number of H-pyrrole nitrogens is 1. The molecule has 1 amide bonds. The number of fused-ring (bicyclic) bond motifs is 1. The highest BCUT2D eigenvalue weighted by Crippen LogP contribution is 2.24. The molecule has 1 fully saturated rings. The van der Waals surface area contributed by atoms with E-state index in [2.05, 4.69) is 9.97 Å². The van der Waals surface area contributed by atoms with E-state index in [1.54, 1.807) is 23.2 Å². The summed E-state index contributed by atoms with van der Waals surface area (Å²) < 4.78 is 19.2. The number of ether oxygens (including phenoxy) is 1. The number of benzene rings is 1. The van der Waals surface area contributed by atoms with Gasteiger partial charge in [0, 0.05) is 29.3 Å². The minimum absolute atomic E-state index is 0.101. The average molecular weight is 339 g/mol. The molecule has 0 spiro atoms. The summed E-state index contributed by atoms with van der Waals surface area (Å²) in [5.41, 5.74) is 3.02. The zero-order valence-electron chi connectivity index (χ0n) is 13.8. The molecule has 0 aliphatic carbocycles. The van der Waals surface area contributed by atoms with E-state index in [1.807, 2.05) is 19.1 Å². The molecular formula is C19H18FN3O2. The van der Waals surface area contributed by atoms with Gasteiger partial charge in [0.15, 0.2) is 0 Å². The van der Waals surface area contributed by atoms with E-state index < -0.39 is 0 Å². The van der Waals surface area contributed by atoms with E-state index >= 15 is 0 Å². The number of nitrogens with zero attached hydrogens (tertiary/aromatic N) is 2. The van der Waals surface area contributed by atoms with Gasteiger partial charge in [0.25, 0.3) is 5.91 Å². The lowest BCUT2D eigenvalue weighted by atomic mass is 10.1. The van der Waals surface area contributed by atoms with Gasteiger partial charge in [-0.15, -0.1) is 0 Å². The smallest absolute Gasteiger partial charge is 0.270 e. The summed E-state index contributed by atoms with van der Waals surface area (Å²) in [7, 11) is 0. The molecule has 128 valence electrons. The van der Waals surface area contributed by atoms with E-state index in [0.717, 1.165) is 16.6 Å². The fourth-order valence-electron chi connectivity index (χ4n) is 3.19. The van der Waals surface area contributed by atoms with Gasteiger partial charge in [-0.3, -0.25) is 9.78 Å². The van der Waals surface area contributed by atoms with Crippen LogP contribution in [-0.2, 0) is 4.74 Å². The van der Waals surface area contributed by atoms with Gasteiger partial charge in [0.2, 0.25) is 0 Å². The van der Waals surface area contributed by atoms with Crippen molar-refractivity contribution in [3.63, 3.8) is 0 Å². The Balaban J connectivity index is 1.56. The fraction of sp³-hybridized carbons (Fsp3) is 0.263. The Bertz CT molecular complexity index is 937. The molecule has 25 heavy (non-hydrogen) atoms. The normalized spacial score (nSPS) is 17.8. The SMILES string of the molecule is Cc1cc(C2CN(C(=O)c3cc4ccc(F)cc4[nH]3)CCO2)ccn1. The Kier molecular flexibility index (Phi) is 3.97. The number of nitrogens with one attached hydrogen (secondary N) is 1. The number of aryl methyl sites for hydroxylation is 1. The highest BCUT2D eigenvalue weighted by molar-refractivity contribution is 5.98. The summed E-state index contributed by atoms with van der Waals surface area (Å²) >= 11 is 0. The maximum absolute atomic E-state index is 13.3. The third-order valence-corrected chi connectivity index (χ3v) is 4.46. The van der Waals surface area contributed by atoms with E-state index in [-0.39, 0.29) is 17.8 Å². The number of hydrogen-bond donors (Lipinski definition) is 1. The Labute approximate surface area is 144 Å². The molecular weight excluding hydrogens is 321 g/mol. The van der Waals surface area contributed by atoms with E-state index in [1.165, 1.54) is 12.1 Å². The van der Waals surface area contributed by atoms with Crippen LogP contribution in [0.3, 0.4) is 0 Å². The molecule has 0 saturated carbocycles. The van der Waals surface area contributed by atoms with Crippen molar-refractivity contribution in [3.8, 4) is 0 Å². The van der Waals surface area contributed by atoms with Crippen LogP contribution in [0.5, 0.6) is 0 Å². The second-order valence-electron chi connectivity index (χ2n) is 6.26. The predicted octanol–water partition coefficient (Wildman–Crippen LogP) is 3.22. The van der Waals surface area contributed by atoms with Crippen molar-refractivity contribution in [1.29, 1.82) is 0 Å². The molecule has 1 aromatic carbocycles. The Morgan fingerprint density at radius 1 is 1.32 bits per heavy atom. The van der Waals surface area contributed by atoms with Crippen molar-refractivity contribution < 1.29 is 13.9 Å². The van der Waals surface area contributed by atoms with Gasteiger partial charge >= 0.3 is 0 Å². The molecule has 3 heterocycles. The third-order valence-electron chi connectivity index (χ3n) is 4.46. The van der Waals surface area contributed by atoms with Gasteiger partial charge in [-0.05, 0) is 48.9 Å². The number of carbonyl (C=O) groups excluding carboxylic acids is 1. The van der Waals surface area contributed by atoms with Crippen LogP contribution in [-0.4, -0.2) is 40.5 Å². The van der Waals surface area contributed by atoms with Crippen LogP contribution in [0.2, 0.25) is 0 Å². The largest absolute Gasteiger partial charge is 0.370 e. The molecule has 1 saturated heterocycles. The number of morpholine rings is 1. The minimum Gasteiger partial charge on any atom is -0.370 e. The van der Waals surface area contributed by atoms with Crippen molar-refractivity contribution in [2.45, 2.75) is 13.0 Å². The molecule has 2 aromatic heterocycles. The molecule has 1 aliphatic rings. The number of aromatic amines is 1. The van der Waals surface area contributed by atoms with E-state index in [9.17, 15) is 9.18 Å². The van der Waals surface area contributed by atoms with E-state index in [4.69, 9.17) is 4.74 Å². The lowest BCUT2D eigenvalue weighted by Crippen LogP contribution is -2.42. The zero-order valence-corrected chi connectivity index (χ0v) is 13.8. The minimum atomic E-state index is -0.326. The summed E-state index contributed by atoms with van der Waals surface area (Å²) in [6.07, 6.45) is 1.59. The first-order valence-electron chi connectivity index (χ1n) is 8.22.